The smallest absolute Gasteiger partial charge is 0.306 e. The summed E-state index contributed by atoms with van der Waals surface area (Å²) >= 11 is 0. The number of hydrogen-bond acceptors (Lipinski definition) is 8. The van der Waals surface area contributed by atoms with Gasteiger partial charge >= 0.3 is 5.97 Å². The minimum Gasteiger partial charge on any atom is -0.454 e. The summed E-state index contributed by atoms with van der Waals surface area (Å²) in [6, 6.07) is 0. The van der Waals surface area contributed by atoms with Gasteiger partial charge in [0.05, 0.1) is 19.8 Å². The second kappa shape index (κ2) is 20.4. The maximum absolute atomic E-state index is 12.3. The van der Waals surface area contributed by atoms with Crippen molar-refractivity contribution in [1.29, 1.82) is 0 Å². The Bertz CT molecular complexity index is 483. The zero-order chi connectivity index (χ0) is 25.0. The first-order valence-corrected chi connectivity index (χ1v) is 13.6. The Labute approximate surface area is 206 Å². The molecule has 0 aliphatic carbocycles. The zero-order valence-electron chi connectivity index (χ0n) is 21.2. The van der Waals surface area contributed by atoms with Crippen LogP contribution in [0, 0.1) is 0 Å². The normalized spacial score (nSPS) is 18.0. The Balaban J connectivity index is 2.09. The minimum atomic E-state index is -1.69. The third-order valence-corrected chi connectivity index (χ3v) is 6.44. The molecule has 1 rings (SSSR count). The molecule has 0 aromatic rings. The predicted octanol–water partition coefficient (Wildman–Crippen LogP) is 3.61. The Morgan fingerprint density at radius 2 is 1.21 bits per heavy atom. The van der Waals surface area contributed by atoms with Crippen molar-refractivity contribution < 1.29 is 39.4 Å². The van der Waals surface area contributed by atoms with Gasteiger partial charge in [-0.3, -0.25) is 4.79 Å². The Hall–Kier alpha value is -0.770. The van der Waals surface area contributed by atoms with Gasteiger partial charge in [0.2, 0.25) is 0 Å². The molecule has 1 saturated heterocycles. The average Bonchev–Trinajstić information content (AvgIpc) is 3.38. The highest BCUT2D eigenvalue weighted by atomic mass is 16.7. The highest BCUT2D eigenvalue weighted by Crippen LogP contribution is 2.20. The molecule has 4 N–H and O–H groups in total. The van der Waals surface area contributed by atoms with Crippen LogP contribution in [0.4, 0.5) is 0 Å². The zero-order valence-corrected chi connectivity index (χ0v) is 21.2. The lowest BCUT2D eigenvalue weighted by molar-refractivity contribution is -0.210. The molecule has 0 aromatic heterocycles. The lowest BCUT2D eigenvalue weighted by Crippen LogP contribution is -2.52. The SMILES string of the molecule is CCCCCCCCCCCCCCCCCC(=O)O[C@H](C1OCCO1)[C@@H](O)[C@H](O)[C@H](O)CO. The lowest BCUT2D eigenvalue weighted by atomic mass is 10.0. The van der Waals surface area contributed by atoms with Crippen molar-refractivity contribution >= 4 is 5.97 Å². The number of aliphatic hydroxyl groups excluding tert-OH is 4. The molecule has 8 nitrogen and oxygen atoms in total. The largest absolute Gasteiger partial charge is 0.454 e. The second-order valence-electron chi connectivity index (χ2n) is 9.50. The maximum Gasteiger partial charge on any atom is 0.306 e. The van der Waals surface area contributed by atoms with Crippen molar-refractivity contribution in [3.8, 4) is 0 Å². The van der Waals surface area contributed by atoms with E-state index in [1.165, 1.54) is 77.0 Å². The molecule has 1 aliphatic heterocycles. The summed E-state index contributed by atoms with van der Waals surface area (Å²) in [5, 5.41) is 38.9. The van der Waals surface area contributed by atoms with Crippen LogP contribution < -0.4 is 0 Å². The molecular weight excluding hydrogens is 440 g/mol. The number of hydrogen-bond donors (Lipinski definition) is 4. The summed E-state index contributed by atoms with van der Waals surface area (Å²) in [4.78, 5) is 12.3. The van der Waals surface area contributed by atoms with Crippen LogP contribution >= 0.6 is 0 Å². The number of rotatable bonds is 22. The average molecular weight is 491 g/mol. The molecule has 1 aliphatic rings. The molecule has 4 atom stereocenters. The number of ether oxygens (including phenoxy) is 3. The van der Waals surface area contributed by atoms with Gasteiger partial charge < -0.3 is 34.6 Å². The monoisotopic (exact) mass is 490 g/mol. The van der Waals surface area contributed by atoms with Gasteiger partial charge in [-0.05, 0) is 6.42 Å². The van der Waals surface area contributed by atoms with Crippen LogP contribution in [-0.2, 0) is 19.0 Å². The van der Waals surface area contributed by atoms with E-state index < -0.39 is 43.3 Å². The highest BCUT2D eigenvalue weighted by molar-refractivity contribution is 5.69. The van der Waals surface area contributed by atoms with E-state index in [1.807, 2.05) is 0 Å². The fourth-order valence-electron chi connectivity index (χ4n) is 4.23. The van der Waals surface area contributed by atoms with Crippen molar-refractivity contribution in [2.24, 2.45) is 0 Å². The van der Waals surface area contributed by atoms with Gasteiger partial charge in [-0.1, -0.05) is 96.8 Å². The second-order valence-corrected chi connectivity index (χ2v) is 9.50. The van der Waals surface area contributed by atoms with Crippen LogP contribution in [0.2, 0.25) is 0 Å². The molecule has 1 heterocycles. The summed E-state index contributed by atoms with van der Waals surface area (Å²) in [5.74, 6) is -0.511. The molecule has 0 aromatic carbocycles. The summed E-state index contributed by atoms with van der Waals surface area (Å²) in [6.07, 6.45) is 11.6. The van der Waals surface area contributed by atoms with Crippen LogP contribution in [0.3, 0.4) is 0 Å². The standard InChI is InChI=1S/C26H50O8/c1-2-3-4-5-6-7-8-9-10-11-12-13-14-15-16-17-22(29)34-25(26-32-18-19-33-26)24(31)23(30)21(28)20-27/h21,23-28,30-31H,2-20H2,1H3/t21-,23-,24+,25+/m1/s1. The van der Waals surface area contributed by atoms with Crippen LogP contribution in [0.1, 0.15) is 110 Å². The fourth-order valence-corrected chi connectivity index (χ4v) is 4.23. The number of unbranched alkanes of at least 4 members (excludes halogenated alkanes) is 14. The minimum absolute atomic E-state index is 0.201. The Morgan fingerprint density at radius 3 is 1.65 bits per heavy atom. The van der Waals surface area contributed by atoms with E-state index in [1.54, 1.807) is 0 Å². The van der Waals surface area contributed by atoms with Crippen LogP contribution in [0.15, 0.2) is 0 Å². The first-order chi connectivity index (χ1) is 16.5. The predicted molar refractivity (Wildman–Crippen MR) is 130 cm³/mol. The van der Waals surface area contributed by atoms with Gasteiger partial charge in [0, 0.05) is 6.42 Å². The van der Waals surface area contributed by atoms with Crippen molar-refractivity contribution in [2.45, 2.75) is 140 Å². The molecule has 0 amide bonds. The van der Waals surface area contributed by atoms with Gasteiger partial charge in [0.25, 0.3) is 0 Å². The lowest BCUT2D eigenvalue weighted by Gasteiger charge is -2.31. The molecular formula is C26H50O8. The van der Waals surface area contributed by atoms with Gasteiger partial charge in [-0.25, -0.2) is 0 Å². The molecule has 1 fully saturated rings. The van der Waals surface area contributed by atoms with Gasteiger partial charge in [0.15, 0.2) is 12.4 Å². The van der Waals surface area contributed by atoms with Crippen LogP contribution in [0.25, 0.3) is 0 Å². The fraction of sp³-hybridized carbons (Fsp3) is 0.962. The number of carbonyl (C=O) groups excluding carboxylic acids is 1. The van der Waals surface area contributed by atoms with E-state index >= 15 is 0 Å². The molecule has 0 unspecified atom stereocenters. The highest BCUT2D eigenvalue weighted by Gasteiger charge is 2.41. The molecule has 0 bridgehead atoms. The quantitative estimate of drug-likeness (QED) is 0.134. The molecule has 34 heavy (non-hydrogen) atoms. The third kappa shape index (κ3) is 14.0. The van der Waals surface area contributed by atoms with E-state index in [0.29, 0.717) is 6.42 Å². The number of aliphatic hydroxyl groups is 4. The van der Waals surface area contributed by atoms with Crippen molar-refractivity contribution in [2.75, 3.05) is 19.8 Å². The van der Waals surface area contributed by atoms with E-state index in [4.69, 9.17) is 19.3 Å². The van der Waals surface area contributed by atoms with Crippen molar-refractivity contribution in [1.82, 2.24) is 0 Å². The van der Waals surface area contributed by atoms with E-state index in [-0.39, 0.29) is 19.6 Å². The first-order valence-electron chi connectivity index (χ1n) is 13.6. The van der Waals surface area contributed by atoms with E-state index in [9.17, 15) is 20.1 Å². The molecule has 0 radical (unpaired) electrons. The van der Waals surface area contributed by atoms with Crippen molar-refractivity contribution in [3.05, 3.63) is 0 Å². The van der Waals surface area contributed by atoms with Crippen LogP contribution in [-0.4, -0.2) is 76.9 Å². The van der Waals surface area contributed by atoms with E-state index in [0.717, 1.165) is 12.8 Å². The maximum atomic E-state index is 12.3. The summed E-state index contributed by atoms with van der Waals surface area (Å²) < 4.78 is 16.0. The molecule has 0 saturated carbocycles. The third-order valence-electron chi connectivity index (χ3n) is 6.44. The van der Waals surface area contributed by atoms with Crippen molar-refractivity contribution in [3.63, 3.8) is 0 Å². The Kier molecular flexibility index (Phi) is 18.8. The van der Waals surface area contributed by atoms with Gasteiger partial charge in [-0.2, -0.15) is 0 Å². The summed E-state index contributed by atoms with van der Waals surface area (Å²) in [6.45, 7) is 2.08. The van der Waals surface area contributed by atoms with E-state index in [2.05, 4.69) is 6.92 Å². The molecule has 202 valence electrons. The van der Waals surface area contributed by atoms with Crippen LogP contribution in [0.5, 0.6) is 0 Å². The number of esters is 1. The summed E-state index contributed by atoms with van der Waals surface area (Å²) in [7, 11) is 0. The topological polar surface area (TPSA) is 126 Å². The Morgan fingerprint density at radius 1 is 0.765 bits per heavy atom. The molecule has 8 heteroatoms. The van der Waals surface area contributed by atoms with Gasteiger partial charge in [-0.15, -0.1) is 0 Å². The molecule has 0 spiro atoms. The van der Waals surface area contributed by atoms with Gasteiger partial charge in [0.1, 0.15) is 18.3 Å². The summed E-state index contributed by atoms with van der Waals surface area (Å²) in [5.41, 5.74) is 0. The first kappa shape index (κ1) is 31.3. The number of carbonyl (C=O) groups is 1.